The van der Waals surface area contributed by atoms with Gasteiger partial charge in [0, 0.05) is 31.6 Å². The molecular formula is C14H16N4O2. The van der Waals surface area contributed by atoms with E-state index >= 15 is 0 Å². The first-order valence-electron chi connectivity index (χ1n) is 6.56. The Balaban J connectivity index is 2.04. The molecule has 1 N–H and O–H groups in total. The molecule has 0 spiro atoms. The molecule has 20 heavy (non-hydrogen) atoms. The van der Waals surface area contributed by atoms with Crippen LogP contribution < -0.4 is 5.32 Å². The number of aromatic nitrogens is 3. The van der Waals surface area contributed by atoms with Crippen LogP contribution in [0.5, 0.6) is 0 Å². The molecule has 2 aromatic heterocycles. The first-order chi connectivity index (χ1) is 9.79. The molecule has 1 atom stereocenters. The Kier molecular flexibility index (Phi) is 3.47. The molecule has 6 nitrogen and oxygen atoms in total. The summed E-state index contributed by atoms with van der Waals surface area (Å²) in [5, 5.41) is 7.47. The molecule has 0 saturated carbocycles. The summed E-state index contributed by atoms with van der Waals surface area (Å²) in [7, 11) is 1.66. The Morgan fingerprint density at radius 2 is 2.25 bits per heavy atom. The lowest BCUT2D eigenvalue weighted by Crippen LogP contribution is -2.22. The predicted molar refractivity (Wildman–Crippen MR) is 73.3 cm³/mol. The highest BCUT2D eigenvalue weighted by Gasteiger charge is 2.25. The highest BCUT2D eigenvalue weighted by molar-refractivity contribution is 5.94. The van der Waals surface area contributed by atoms with Gasteiger partial charge in [-0.05, 0) is 24.6 Å². The van der Waals surface area contributed by atoms with Crippen molar-refractivity contribution >= 4 is 5.91 Å². The van der Waals surface area contributed by atoms with E-state index in [1.54, 1.807) is 24.2 Å². The molecule has 2 aromatic rings. The van der Waals surface area contributed by atoms with Crippen LogP contribution in [0.1, 0.15) is 23.0 Å². The zero-order valence-electron chi connectivity index (χ0n) is 11.2. The fraction of sp³-hybridized carbons (Fsp3) is 0.357. The Labute approximate surface area is 116 Å². The topological polar surface area (TPSA) is 69.0 Å². The number of pyridine rings is 1. The second-order valence-corrected chi connectivity index (χ2v) is 4.75. The SMILES string of the molecule is COCC1CCNC(=O)c2cc(-c3ccncc3)nn21. The maximum Gasteiger partial charge on any atom is 0.269 e. The Morgan fingerprint density at radius 1 is 1.45 bits per heavy atom. The predicted octanol–water partition coefficient (Wildman–Crippen LogP) is 1.27. The van der Waals surface area contributed by atoms with Crippen LogP contribution in [0, 0.1) is 0 Å². The molecule has 6 heteroatoms. The van der Waals surface area contributed by atoms with Crippen molar-refractivity contribution in [2.75, 3.05) is 20.3 Å². The molecule has 104 valence electrons. The third-order valence-corrected chi connectivity index (χ3v) is 3.41. The smallest absolute Gasteiger partial charge is 0.269 e. The van der Waals surface area contributed by atoms with Gasteiger partial charge in [-0.1, -0.05) is 0 Å². The molecule has 0 bridgehead atoms. The largest absolute Gasteiger partial charge is 0.382 e. The van der Waals surface area contributed by atoms with Gasteiger partial charge in [-0.3, -0.25) is 14.5 Å². The van der Waals surface area contributed by atoms with Gasteiger partial charge in [0.2, 0.25) is 0 Å². The first kappa shape index (κ1) is 12.8. The molecule has 0 saturated heterocycles. The zero-order chi connectivity index (χ0) is 13.9. The van der Waals surface area contributed by atoms with Gasteiger partial charge < -0.3 is 10.1 Å². The maximum absolute atomic E-state index is 12.1. The molecule has 1 aliphatic rings. The van der Waals surface area contributed by atoms with Crippen molar-refractivity contribution in [2.45, 2.75) is 12.5 Å². The minimum absolute atomic E-state index is 0.0736. The molecule has 0 radical (unpaired) electrons. The number of methoxy groups -OCH3 is 1. The third-order valence-electron chi connectivity index (χ3n) is 3.41. The lowest BCUT2D eigenvalue weighted by Gasteiger charge is -2.15. The van der Waals surface area contributed by atoms with Crippen molar-refractivity contribution in [2.24, 2.45) is 0 Å². The average Bonchev–Trinajstić information content (AvgIpc) is 2.87. The van der Waals surface area contributed by atoms with Crippen molar-refractivity contribution < 1.29 is 9.53 Å². The second kappa shape index (κ2) is 5.42. The highest BCUT2D eigenvalue weighted by Crippen LogP contribution is 2.24. The summed E-state index contributed by atoms with van der Waals surface area (Å²) in [6.07, 6.45) is 4.24. The molecule has 3 rings (SSSR count). The number of amides is 1. The van der Waals surface area contributed by atoms with Gasteiger partial charge in [-0.25, -0.2) is 0 Å². The van der Waals surface area contributed by atoms with Crippen molar-refractivity contribution in [1.82, 2.24) is 20.1 Å². The van der Waals surface area contributed by atoms with Crippen LogP contribution in [0.25, 0.3) is 11.3 Å². The van der Waals surface area contributed by atoms with E-state index < -0.39 is 0 Å². The standard InChI is InChI=1S/C14H16N4O2/c1-20-9-11-4-7-16-14(19)13-8-12(17-18(11)13)10-2-5-15-6-3-10/h2-3,5-6,8,11H,4,7,9H2,1H3,(H,16,19). The number of carbonyl (C=O) groups is 1. The number of hydrogen-bond donors (Lipinski definition) is 1. The summed E-state index contributed by atoms with van der Waals surface area (Å²) in [6, 6.07) is 5.65. The Morgan fingerprint density at radius 3 is 3.00 bits per heavy atom. The van der Waals surface area contributed by atoms with Gasteiger partial charge in [0.1, 0.15) is 5.69 Å². The van der Waals surface area contributed by atoms with Gasteiger partial charge in [0.05, 0.1) is 18.3 Å². The van der Waals surface area contributed by atoms with E-state index in [0.29, 0.717) is 18.8 Å². The van der Waals surface area contributed by atoms with E-state index in [4.69, 9.17) is 4.74 Å². The van der Waals surface area contributed by atoms with E-state index in [2.05, 4.69) is 15.4 Å². The fourth-order valence-electron chi connectivity index (χ4n) is 2.42. The number of ether oxygens (including phenoxy) is 1. The average molecular weight is 272 g/mol. The van der Waals surface area contributed by atoms with Gasteiger partial charge in [0.25, 0.3) is 5.91 Å². The summed E-state index contributed by atoms with van der Waals surface area (Å²) in [5.41, 5.74) is 2.31. The second-order valence-electron chi connectivity index (χ2n) is 4.75. The van der Waals surface area contributed by atoms with Gasteiger partial charge in [-0.15, -0.1) is 0 Å². The van der Waals surface area contributed by atoms with Crippen LogP contribution in [0.2, 0.25) is 0 Å². The number of fused-ring (bicyclic) bond motifs is 1. The summed E-state index contributed by atoms with van der Waals surface area (Å²) < 4.78 is 7.01. The summed E-state index contributed by atoms with van der Waals surface area (Å²) in [5.74, 6) is -0.0867. The lowest BCUT2D eigenvalue weighted by molar-refractivity contribution is 0.0949. The van der Waals surface area contributed by atoms with Crippen LogP contribution in [-0.4, -0.2) is 40.9 Å². The zero-order valence-corrected chi connectivity index (χ0v) is 11.2. The minimum atomic E-state index is -0.0867. The monoisotopic (exact) mass is 272 g/mol. The van der Waals surface area contributed by atoms with Crippen molar-refractivity contribution in [3.8, 4) is 11.3 Å². The van der Waals surface area contributed by atoms with Crippen LogP contribution >= 0.6 is 0 Å². The molecule has 0 aromatic carbocycles. The molecule has 1 unspecified atom stereocenters. The number of nitrogens with zero attached hydrogens (tertiary/aromatic N) is 3. The van der Waals surface area contributed by atoms with Gasteiger partial charge >= 0.3 is 0 Å². The van der Waals surface area contributed by atoms with Gasteiger partial charge in [-0.2, -0.15) is 5.10 Å². The van der Waals surface area contributed by atoms with E-state index in [1.165, 1.54) is 0 Å². The summed E-state index contributed by atoms with van der Waals surface area (Å²) in [4.78, 5) is 16.1. The maximum atomic E-state index is 12.1. The third kappa shape index (κ3) is 2.30. The van der Waals surface area contributed by atoms with Crippen molar-refractivity contribution in [1.29, 1.82) is 0 Å². The number of hydrogen-bond acceptors (Lipinski definition) is 4. The fourth-order valence-corrected chi connectivity index (χ4v) is 2.42. The molecule has 0 fully saturated rings. The minimum Gasteiger partial charge on any atom is -0.382 e. The molecular weight excluding hydrogens is 256 g/mol. The van der Waals surface area contributed by atoms with E-state index in [-0.39, 0.29) is 11.9 Å². The van der Waals surface area contributed by atoms with E-state index in [0.717, 1.165) is 17.7 Å². The number of carbonyl (C=O) groups excluding carboxylic acids is 1. The van der Waals surface area contributed by atoms with Crippen LogP contribution in [0.4, 0.5) is 0 Å². The summed E-state index contributed by atoms with van der Waals surface area (Å²) >= 11 is 0. The normalized spacial score (nSPS) is 18.2. The molecule has 1 aliphatic heterocycles. The molecule has 1 amide bonds. The van der Waals surface area contributed by atoms with Crippen LogP contribution in [-0.2, 0) is 4.74 Å². The first-order valence-corrected chi connectivity index (χ1v) is 6.56. The quantitative estimate of drug-likeness (QED) is 0.913. The number of nitrogens with one attached hydrogen (secondary N) is 1. The van der Waals surface area contributed by atoms with Crippen LogP contribution in [0.3, 0.4) is 0 Å². The number of rotatable bonds is 3. The van der Waals surface area contributed by atoms with Gasteiger partial charge in [0.15, 0.2) is 0 Å². The molecule has 0 aliphatic carbocycles. The van der Waals surface area contributed by atoms with Crippen LogP contribution in [0.15, 0.2) is 30.6 Å². The van der Waals surface area contributed by atoms with E-state index in [9.17, 15) is 4.79 Å². The summed E-state index contributed by atoms with van der Waals surface area (Å²) in [6.45, 7) is 1.18. The molecule has 3 heterocycles. The lowest BCUT2D eigenvalue weighted by atomic mass is 10.2. The Hall–Kier alpha value is -2.21. The Bertz CT molecular complexity index is 609. The van der Waals surface area contributed by atoms with Crippen molar-refractivity contribution in [3.63, 3.8) is 0 Å². The highest BCUT2D eigenvalue weighted by atomic mass is 16.5. The van der Waals surface area contributed by atoms with Crippen molar-refractivity contribution in [3.05, 3.63) is 36.3 Å². The van der Waals surface area contributed by atoms with E-state index in [1.807, 2.05) is 18.2 Å².